The van der Waals surface area contributed by atoms with Gasteiger partial charge in [0, 0.05) is 38.9 Å². The van der Waals surface area contributed by atoms with Gasteiger partial charge in [0.05, 0.1) is 12.2 Å². The van der Waals surface area contributed by atoms with Crippen LogP contribution in [0.1, 0.15) is 47.7 Å². The van der Waals surface area contributed by atoms with Crippen molar-refractivity contribution in [1.29, 1.82) is 0 Å². The van der Waals surface area contributed by atoms with E-state index in [2.05, 4.69) is 39.3 Å². The molecule has 192 valence electrons. The topological polar surface area (TPSA) is 111 Å². The quantitative estimate of drug-likeness (QED) is 0.637. The van der Waals surface area contributed by atoms with Gasteiger partial charge in [0.25, 0.3) is 5.91 Å². The predicted octanol–water partition coefficient (Wildman–Crippen LogP) is 2.46. The highest BCUT2D eigenvalue weighted by Crippen LogP contribution is 2.30. The van der Waals surface area contributed by atoms with Crippen molar-refractivity contribution in [2.24, 2.45) is 5.73 Å². The molecule has 0 saturated carbocycles. The molecule has 0 spiro atoms. The van der Waals surface area contributed by atoms with Crippen molar-refractivity contribution in [1.82, 2.24) is 24.7 Å². The molecular weight excluding hydrogens is 456 g/mol. The Morgan fingerprint density at radius 2 is 1.78 bits per heavy atom. The Morgan fingerprint density at radius 1 is 1.03 bits per heavy atom. The summed E-state index contributed by atoms with van der Waals surface area (Å²) in [4.78, 5) is 42.0. The van der Waals surface area contributed by atoms with E-state index in [1.165, 1.54) is 18.4 Å². The third kappa shape index (κ3) is 5.09. The highest BCUT2D eigenvalue weighted by Gasteiger charge is 2.34. The molecule has 0 bridgehead atoms. The maximum absolute atomic E-state index is 12.5. The van der Waals surface area contributed by atoms with Gasteiger partial charge >= 0.3 is 6.03 Å². The molecule has 10 nitrogen and oxygen atoms in total. The number of likely N-dealkylation sites (N-methyl/N-ethyl adjacent to an activating group) is 1. The van der Waals surface area contributed by atoms with Crippen molar-refractivity contribution in [2.45, 2.75) is 37.6 Å². The maximum atomic E-state index is 12.5. The summed E-state index contributed by atoms with van der Waals surface area (Å²) >= 11 is 0. The molecule has 3 saturated heterocycles. The number of anilines is 3. The summed E-state index contributed by atoms with van der Waals surface area (Å²) in [6.45, 7) is 5.26. The summed E-state index contributed by atoms with van der Waals surface area (Å²) in [5.41, 5.74) is 7.90. The molecule has 3 amide bonds. The second-order valence-corrected chi connectivity index (χ2v) is 10.3. The highest BCUT2D eigenvalue weighted by molar-refractivity contribution is 5.96. The molecule has 0 radical (unpaired) electrons. The first kappa shape index (κ1) is 24.3. The van der Waals surface area contributed by atoms with Gasteiger partial charge in [-0.25, -0.2) is 14.8 Å². The van der Waals surface area contributed by atoms with Gasteiger partial charge in [-0.05, 0) is 69.4 Å². The van der Waals surface area contributed by atoms with Crippen LogP contribution in [0.15, 0.2) is 30.5 Å². The number of carbonyl (C=O) groups excluding carboxylic acids is 2. The van der Waals surface area contributed by atoms with Gasteiger partial charge in [-0.15, -0.1) is 0 Å². The zero-order valence-corrected chi connectivity index (χ0v) is 21.2. The number of piperidine rings is 2. The molecule has 1 aromatic heterocycles. The number of hydrogen-bond acceptors (Lipinski definition) is 7. The van der Waals surface area contributed by atoms with E-state index in [0.717, 1.165) is 51.3 Å². The first-order valence-corrected chi connectivity index (χ1v) is 12.9. The fourth-order valence-corrected chi connectivity index (χ4v) is 5.54. The van der Waals surface area contributed by atoms with Crippen LogP contribution in [0, 0.1) is 0 Å². The number of likely N-dealkylation sites (tertiary alicyclic amines) is 1. The lowest BCUT2D eigenvalue weighted by molar-refractivity contribution is 0.0996. The average Bonchev–Trinajstić information content (AvgIpc) is 3.23. The number of hydrogen-bond donors (Lipinski definition) is 2. The maximum Gasteiger partial charge on any atom is 0.320 e. The number of urea groups is 1. The smallest absolute Gasteiger partial charge is 0.320 e. The highest BCUT2D eigenvalue weighted by atomic mass is 16.2. The van der Waals surface area contributed by atoms with Crippen molar-refractivity contribution < 1.29 is 9.59 Å². The number of nitrogens with one attached hydrogen (secondary N) is 1. The van der Waals surface area contributed by atoms with E-state index >= 15 is 0 Å². The number of nitrogens with two attached hydrogens (primary N) is 1. The number of benzene rings is 1. The van der Waals surface area contributed by atoms with Crippen LogP contribution in [0.3, 0.4) is 0 Å². The molecule has 3 N–H and O–H groups in total. The lowest BCUT2D eigenvalue weighted by Gasteiger charge is -2.37. The fourth-order valence-electron chi connectivity index (χ4n) is 5.54. The standard InChI is InChI=1S/C26H36N8O2/c1-31-12-9-19(10-13-31)18-5-7-20(8-6-18)29-25-23(24(27)35)28-16-22(30-25)33-11-3-4-21(17-33)34-15-14-32(2)26(34)36/h5-8,16,19,21H,3-4,9-15,17H2,1-2H3,(H2,27,35)(H,29,30). The monoisotopic (exact) mass is 492 g/mol. The van der Waals surface area contributed by atoms with Gasteiger partial charge in [-0.2, -0.15) is 0 Å². The summed E-state index contributed by atoms with van der Waals surface area (Å²) in [5.74, 6) is 0.983. The van der Waals surface area contributed by atoms with Gasteiger partial charge < -0.3 is 30.7 Å². The normalized spacial score (nSPS) is 21.8. The molecule has 36 heavy (non-hydrogen) atoms. The minimum Gasteiger partial charge on any atom is -0.364 e. The van der Waals surface area contributed by atoms with Crippen molar-refractivity contribution >= 4 is 29.3 Å². The number of primary amides is 1. The Hall–Kier alpha value is -3.40. The Labute approximate surface area is 212 Å². The number of aromatic nitrogens is 2. The lowest BCUT2D eigenvalue weighted by atomic mass is 9.89. The lowest BCUT2D eigenvalue weighted by Crippen LogP contribution is -2.49. The molecule has 1 aromatic carbocycles. The third-order valence-corrected chi connectivity index (χ3v) is 7.77. The molecule has 3 aliphatic rings. The van der Waals surface area contributed by atoms with Crippen LogP contribution in [-0.2, 0) is 0 Å². The average molecular weight is 493 g/mol. The molecular formula is C26H36N8O2. The van der Waals surface area contributed by atoms with E-state index in [-0.39, 0.29) is 17.8 Å². The Balaban J connectivity index is 1.32. The Morgan fingerprint density at radius 3 is 2.44 bits per heavy atom. The summed E-state index contributed by atoms with van der Waals surface area (Å²) in [6.07, 6.45) is 5.86. The molecule has 1 unspecified atom stereocenters. The predicted molar refractivity (Wildman–Crippen MR) is 140 cm³/mol. The van der Waals surface area contributed by atoms with Gasteiger partial charge in [0.15, 0.2) is 11.5 Å². The number of nitrogens with zero attached hydrogens (tertiary/aromatic N) is 6. The van der Waals surface area contributed by atoms with Crippen LogP contribution < -0.4 is 16.0 Å². The van der Waals surface area contributed by atoms with Gasteiger partial charge in [0.2, 0.25) is 0 Å². The summed E-state index contributed by atoms with van der Waals surface area (Å²) in [5, 5.41) is 3.27. The largest absolute Gasteiger partial charge is 0.364 e. The van der Waals surface area contributed by atoms with Gasteiger partial charge in [-0.1, -0.05) is 12.1 Å². The van der Waals surface area contributed by atoms with E-state index in [9.17, 15) is 9.59 Å². The third-order valence-electron chi connectivity index (χ3n) is 7.77. The Kier molecular flexibility index (Phi) is 6.95. The molecule has 10 heteroatoms. The van der Waals surface area contributed by atoms with E-state index in [1.54, 1.807) is 11.1 Å². The SMILES string of the molecule is CN1CCC(c2ccc(Nc3nc(N4CCCC(N5CCN(C)C5=O)C4)cnc3C(N)=O)cc2)CC1. The van der Waals surface area contributed by atoms with Crippen molar-refractivity contribution in [3.8, 4) is 0 Å². The Bertz CT molecular complexity index is 1100. The summed E-state index contributed by atoms with van der Waals surface area (Å²) in [6, 6.07) is 8.58. The molecule has 5 rings (SSSR count). The van der Waals surface area contributed by atoms with E-state index < -0.39 is 5.91 Å². The van der Waals surface area contributed by atoms with Crippen molar-refractivity contribution in [3.05, 3.63) is 41.7 Å². The van der Waals surface area contributed by atoms with Gasteiger partial charge in [-0.3, -0.25) is 4.79 Å². The number of rotatable bonds is 6. The van der Waals surface area contributed by atoms with E-state index in [0.29, 0.717) is 24.1 Å². The van der Waals surface area contributed by atoms with Crippen LogP contribution in [-0.4, -0.2) is 96.0 Å². The van der Waals surface area contributed by atoms with E-state index in [1.807, 2.05) is 24.1 Å². The van der Waals surface area contributed by atoms with Crippen molar-refractivity contribution in [3.63, 3.8) is 0 Å². The molecule has 3 aliphatic heterocycles. The van der Waals surface area contributed by atoms with Crippen LogP contribution in [0.2, 0.25) is 0 Å². The van der Waals surface area contributed by atoms with E-state index in [4.69, 9.17) is 10.7 Å². The summed E-state index contributed by atoms with van der Waals surface area (Å²) < 4.78 is 0. The molecule has 4 heterocycles. The molecule has 3 fully saturated rings. The minimum atomic E-state index is -0.623. The number of carbonyl (C=O) groups is 2. The first-order chi connectivity index (χ1) is 17.4. The summed E-state index contributed by atoms with van der Waals surface area (Å²) in [7, 11) is 4.01. The van der Waals surface area contributed by atoms with Gasteiger partial charge in [0.1, 0.15) is 5.82 Å². The minimum absolute atomic E-state index is 0.0862. The first-order valence-electron chi connectivity index (χ1n) is 12.9. The fraction of sp³-hybridized carbons (Fsp3) is 0.538. The molecule has 0 aliphatic carbocycles. The second-order valence-electron chi connectivity index (χ2n) is 10.3. The zero-order chi connectivity index (χ0) is 25.2. The van der Waals surface area contributed by atoms with Crippen LogP contribution in [0.4, 0.5) is 22.1 Å². The van der Waals surface area contributed by atoms with Crippen LogP contribution >= 0.6 is 0 Å². The van der Waals surface area contributed by atoms with Crippen LogP contribution in [0.25, 0.3) is 0 Å². The molecule has 1 atom stereocenters. The number of amides is 3. The zero-order valence-electron chi connectivity index (χ0n) is 21.2. The van der Waals surface area contributed by atoms with Crippen molar-refractivity contribution in [2.75, 3.05) is 63.6 Å². The second kappa shape index (κ2) is 10.3. The van der Waals surface area contributed by atoms with Crippen LogP contribution in [0.5, 0.6) is 0 Å². The molecule has 2 aromatic rings.